The summed E-state index contributed by atoms with van der Waals surface area (Å²) in [5, 5.41) is 0. The molecule has 1 aliphatic carbocycles. The van der Waals surface area contributed by atoms with Crippen LogP contribution in [0.5, 0.6) is 0 Å². The van der Waals surface area contributed by atoms with Gasteiger partial charge in [-0.05, 0) is 48.6 Å². The average Bonchev–Trinajstić information content (AvgIpc) is 3.15. The van der Waals surface area contributed by atoms with Crippen molar-refractivity contribution in [2.75, 3.05) is 19.6 Å². The summed E-state index contributed by atoms with van der Waals surface area (Å²) in [6.07, 6.45) is 7.44. The average molecular weight is 425 g/mol. The predicted molar refractivity (Wildman–Crippen MR) is 133 cm³/mol. The minimum Gasteiger partial charge on any atom is -0.341 e. The zero-order valence-electron chi connectivity index (χ0n) is 16.1. The van der Waals surface area contributed by atoms with E-state index < -0.39 is 0 Å². The van der Waals surface area contributed by atoms with Gasteiger partial charge in [0.2, 0.25) is 0 Å². The highest BCUT2D eigenvalue weighted by Gasteiger charge is 2.27. The van der Waals surface area contributed by atoms with Gasteiger partial charge in [-0.3, -0.25) is 9.88 Å². The normalized spacial score (nSPS) is 14.7. The zero-order valence-corrected chi connectivity index (χ0v) is 16.1. The molecule has 31 heavy (non-hydrogen) atoms. The summed E-state index contributed by atoms with van der Waals surface area (Å²) in [6.45, 7) is 2.50. The largest absolute Gasteiger partial charge is 0.341 e. The molecule has 6 heteroatoms. The zero-order chi connectivity index (χ0) is 19.3. The van der Waals surface area contributed by atoms with Gasteiger partial charge in [0.25, 0.3) is 0 Å². The van der Waals surface area contributed by atoms with Gasteiger partial charge in [-0.25, -0.2) is 4.98 Å². The molecule has 0 spiro atoms. The van der Waals surface area contributed by atoms with Crippen LogP contribution in [0.4, 0.5) is 0 Å². The molecule has 1 unspecified atom stereocenters. The van der Waals surface area contributed by atoms with Crippen LogP contribution in [0.3, 0.4) is 0 Å². The van der Waals surface area contributed by atoms with Crippen LogP contribution < -0.4 is 11.5 Å². The van der Waals surface area contributed by atoms with Crippen LogP contribution in [-0.4, -0.2) is 39.5 Å². The highest BCUT2D eigenvalue weighted by atomic mass is 15.2. The molecule has 3 aromatic rings. The maximum Gasteiger partial charge on any atom is 0.121 e. The number of aromatic nitrogens is 3. The summed E-state index contributed by atoms with van der Waals surface area (Å²) in [4.78, 5) is 15.4. The number of para-hydroxylation sites is 2. The number of benzene rings is 1. The van der Waals surface area contributed by atoms with E-state index in [-0.39, 0.29) is 28.3 Å². The molecular formula is C25H40N6. The topological polar surface area (TPSA) is 96.8 Å². The first-order valence-electron chi connectivity index (χ1n) is 9.98. The first kappa shape index (κ1) is 26.5. The number of hydrogen-bond donors (Lipinski definition) is 3. The Bertz CT molecular complexity index is 922. The predicted octanol–water partition coefficient (Wildman–Crippen LogP) is 4.59. The smallest absolute Gasteiger partial charge is 0.121 e. The van der Waals surface area contributed by atoms with Crippen molar-refractivity contribution < 1.29 is 0 Å². The van der Waals surface area contributed by atoms with Crippen molar-refractivity contribution >= 4 is 11.0 Å². The Balaban J connectivity index is 0.00000160. The van der Waals surface area contributed by atoms with Gasteiger partial charge in [0.05, 0.1) is 29.3 Å². The Morgan fingerprint density at radius 1 is 1.10 bits per heavy atom. The van der Waals surface area contributed by atoms with Crippen molar-refractivity contribution in [2.24, 2.45) is 11.5 Å². The summed E-state index contributed by atoms with van der Waals surface area (Å²) in [6, 6.07) is 12.7. The number of aromatic amines is 1. The molecule has 0 radical (unpaired) electrons. The van der Waals surface area contributed by atoms with Gasteiger partial charge in [0.15, 0.2) is 0 Å². The van der Waals surface area contributed by atoms with Crippen molar-refractivity contribution in [3.05, 3.63) is 71.3 Å². The molecule has 4 rings (SSSR count). The fourth-order valence-corrected chi connectivity index (χ4v) is 4.01. The van der Waals surface area contributed by atoms with E-state index in [4.69, 9.17) is 21.4 Å². The van der Waals surface area contributed by atoms with E-state index >= 15 is 0 Å². The molecular weight excluding hydrogens is 384 g/mol. The molecule has 0 fully saturated rings. The molecule has 170 valence electrons. The molecule has 1 aromatic carbocycles. The highest BCUT2D eigenvalue weighted by molar-refractivity contribution is 5.74. The molecule has 5 N–H and O–H groups in total. The van der Waals surface area contributed by atoms with Gasteiger partial charge in [-0.1, -0.05) is 46.6 Å². The minimum absolute atomic E-state index is 0. The van der Waals surface area contributed by atoms with Crippen molar-refractivity contribution in [3.63, 3.8) is 0 Å². The maximum absolute atomic E-state index is 5.83. The molecule has 2 aromatic heterocycles. The Hall–Kier alpha value is -2.54. The van der Waals surface area contributed by atoms with Crippen LogP contribution in [0.15, 0.2) is 54.2 Å². The van der Waals surface area contributed by atoms with Gasteiger partial charge in [0.1, 0.15) is 5.82 Å². The third-order valence-electron chi connectivity index (χ3n) is 5.54. The Kier molecular flexibility index (Phi) is 10.6. The summed E-state index contributed by atoms with van der Waals surface area (Å²) >= 11 is 0. The number of nitrogens with zero attached hydrogens (tertiary/aromatic N) is 3. The summed E-state index contributed by atoms with van der Waals surface area (Å²) < 4.78 is 0. The first-order valence-corrected chi connectivity index (χ1v) is 9.98. The van der Waals surface area contributed by atoms with Gasteiger partial charge in [0, 0.05) is 25.8 Å². The van der Waals surface area contributed by atoms with E-state index in [0.717, 1.165) is 48.4 Å². The van der Waals surface area contributed by atoms with Crippen molar-refractivity contribution in [3.8, 4) is 0 Å². The number of imidazole rings is 1. The number of H-pyrrole nitrogens is 1. The third kappa shape index (κ3) is 6.00. The number of fused-ring (bicyclic) bond motifs is 2. The molecule has 0 bridgehead atoms. The van der Waals surface area contributed by atoms with Crippen molar-refractivity contribution in [2.45, 2.75) is 54.1 Å². The molecule has 0 saturated heterocycles. The number of aryl methyl sites for hydroxylation is 1. The molecule has 6 nitrogen and oxygen atoms in total. The van der Waals surface area contributed by atoms with E-state index in [1.54, 1.807) is 0 Å². The summed E-state index contributed by atoms with van der Waals surface area (Å²) in [5.74, 6) is 0.972. The molecule has 0 amide bonds. The fourth-order valence-electron chi connectivity index (χ4n) is 4.01. The molecule has 0 saturated carbocycles. The van der Waals surface area contributed by atoms with Gasteiger partial charge >= 0.3 is 0 Å². The number of nitrogens with one attached hydrogen (secondary N) is 1. The van der Waals surface area contributed by atoms with E-state index in [2.05, 4.69) is 28.1 Å². The van der Waals surface area contributed by atoms with Crippen LogP contribution in [0.2, 0.25) is 0 Å². The number of rotatable bonds is 7. The van der Waals surface area contributed by atoms with Gasteiger partial charge in [-0.15, -0.1) is 0 Å². The second kappa shape index (κ2) is 12.3. The van der Waals surface area contributed by atoms with E-state index in [0.29, 0.717) is 13.1 Å². The number of nitrogens with two attached hydrogens (primary N) is 2. The third-order valence-corrected chi connectivity index (χ3v) is 5.54. The Labute approximate surface area is 187 Å². The quantitative estimate of drug-likeness (QED) is 0.482. The van der Waals surface area contributed by atoms with Gasteiger partial charge in [-0.2, -0.15) is 0 Å². The maximum atomic E-state index is 5.83. The molecule has 1 aliphatic rings. The lowest BCUT2D eigenvalue weighted by molar-refractivity contribution is 0.181. The van der Waals surface area contributed by atoms with Crippen molar-refractivity contribution in [1.82, 2.24) is 19.9 Å². The minimum atomic E-state index is 0. The van der Waals surface area contributed by atoms with Crippen LogP contribution in [-0.2, 0) is 13.0 Å². The van der Waals surface area contributed by atoms with Gasteiger partial charge < -0.3 is 16.5 Å². The van der Waals surface area contributed by atoms with E-state index in [1.165, 1.54) is 17.7 Å². The number of pyridine rings is 1. The lowest BCUT2D eigenvalue weighted by atomic mass is 9.90. The molecule has 1 atom stereocenters. The standard InChI is InChI=1S/C22H28N6.3CH4/c23-13-16(14-24)10-12-28(15-21-26-18-7-1-2-8-19(18)27-21)20-9-3-5-17-6-4-11-25-22(17)20;;;/h1-2,4,6-8,10-11,20H,3,5,9,12-15,23-24H2,(H,26,27);3*1H4. The highest BCUT2D eigenvalue weighted by Crippen LogP contribution is 2.33. The van der Waals surface area contributed by atoms with E-state index in [1.807, 2.05) is 30.5 Å². The summed E-state index contributed by atoms with van der Waals surface area (Å²) in [7, 11) is 0. The second-order valence-corrected chi connectivity index (χ2v) is 7.36. The first-order chi connectivity index (χ1) is 13.8. The molecule has 0 aliphatic heterocycles. The second-order valence-electron chi connectivity index (χ2n) is 7.36. The van der Waals surface area contributed by atoms with E-state index in [9.17, 15) is 0 Å². The van der Waals surface area contributed by atoms with Crippen LogP contribution in [0, 0.1) is 0 Å². The van der Waals surface area contributed by atoms with Crippen LogP contribution >= 0.6 is 0 Å². The lowest BCUT2D eigenvalue weighted by Gasteiger charge is -2.34. The Morgan fingerprint density at radius 3 is 2.61 bits per heavy atom. The van der Waals surface area contributed by atoms with Crippen molar-refractivity contribution in [1.29, 1.82) is 0 Å². The fraction of sp³-hybridized carbons (Fsp3) is 0.440. The Morgan fingerprint density at radius 2 is 1.87 bits per heavy atom. The lowest BCUT2D eigenvalue weighted by Crippen LogP contribution is -2.33. The molecule has 2 heterocycles. The van der Waals surface area contributed by atoms with Crippen LogP contribution in [0.1, 0.15) is 58.2 Å². The SMILES string of the molecule is C.C.C.NCC(=CCN(Cc1nc2ccccc2[nH]1)C1CCCc2cccnc21)CN. The monoisotopic (exact) mass is 424 g/mol. The van der Waals surface area contributed by atoms with Crippen LogP contribution in [0.25, 0.3) is 11.0 Å². The summed E-state index contributed by atoms with van der Waals surface area (Å²) in [5.41, 5.74) is 17.4. The number of hydrogen-bond acceptors (Lipinski definition) is 5.